The molecule has 2 aromatic rings. The third-order valence-corrected chi connectivity index (χ3v) is 2.66. The van der Waals surface area contributed by atoms with Gasteiger partial charge in [-0.05, 0) is 38.1 Å². The van der Waals surface area contributed by atoms with Gasteiger partial charge in [-0.3, -0.25) is 9.47 Å². The lowest BCUT2D eigenvalue weighted by Crippen LogP contribution is -2.36. The van der Waals surface area contributed by atoms with Gasteiger partial charge in [0.05, 0.1) is 0 Å². The van der Waals surface area contributed by atoms with Crippen LogP contribution in [-0.2, 0) is 4.79 Å². The van der Waals surface area contributed by atoms with E-state index in [-0.39, 0.29) is 11.9 Å². The van der Waals surface area contributed by atoms with Gasteiger partial charge in [-0.15, -0.1) is 0 Å². The molecule has 1 atom stereocenters. The third kappa shape index (κ3) is 3.13. The second kappa shape index (κ2) is 5.40. The topological polar surface area (TPSA) is 46.1 Å². The maximum atomic E-state index is 11.9. The fraction of sp³-hybridized carbons (Fsp3) is 0.214. The first-order chi connectivity index (χ1) is 8.65. The standard InChI is InChI=1S/C14H17N3O/c1-11-5-7-13(8-6-11)15-14(18)12(2)16-17-9-3-4-10-17/h3-10,12,16H,1-2H3,(H,15,18). The molecule has 0 saturated carbocycles. The zero-order chi connectivity index (χ0) is 13.0. The summed E-state index contributed by atoms with van der Waals surface area (Å²) in [6.45, 7) is 3.84. The van der Waals surface area contributed by atoms with Crippen LogP contribution in [0.15, 0.2) is 48.8 Å². The van der Waals surface area contributed by atoms with E-state index in [9.17, 15) is 4.79 Å². The average Bonchev–Trinajstić information content (AvgIpc) is 2.85. The molecule has 4 nitrogen and oxygen atoms in total. The summed E-state index contributed by atoms with van der Waals surface area (Å²) in [4.78, 5) is 11.9. The monoisotopic (exact) mass is 243 g/mol. The van der Waals surface area contributed by atoms with Gasteiger partial charge in [-0.25, -0.2) is 0 Å². The van der Waals surface area contributed by atoms with Crippen LogP contribution in [0.3, 0.4) is 0 Å². The molecule has 94 valence electrons. The van der Waals surface area contributed by atoms with Crippen LogP contribution in [0.5, 0.6) is 0 Å². The van der Waals surface area contributed by atoms with Crippen molar-refractivity contribution in [1.29, 1.82) is 0 Å². The predicted molar refractivity (Wildman–Crippen MR) is 73.1 cm³/mol. The molecule has 1 aromatic carbocycles. The lowest BCUT2D eigenvalue weighted by molar-refractivity contribution is -0.116. The molecule has 0 aliphatic rings. The summed E-state index contributed by atoms with van der Waals surface area (Å²) in [5.41, 5.74) is 5.04. The van der Waals surface area contributed by atoms with Crippen molar-refractivity contribution < 1.29 is 4.79 Å². The van der Waals surface area contributed by atoms with E-state index in [1.807, 2.05) is 62.6 Å². The number of benzene rings is 1. The molecule has 0 fully saturated rings. The van der Waals surface area contributed by atoms with Crippen LogP contribution >= 0.6 is 0 Å². The molecule has 0 saturated heterocycles. The van der Waals surface area contributed by atoms with Crippen LogP contribution < -0.4 is 10.7 Å². The molecule has 1 unspecified atom stereocenters. The smallest absolute Gasteiger partial charge is 0.248 e. The number of aryl methyl sites for hydroxylation is 1. The van der Waals surface area contributed by atoms with Crippen LogP contribution in [0.1, 0.15) is 12.5 Å². The third-order valence-electron chi connectivity index (χ3n) is 2.66. The average molecular weight is 243 g/mol. The molecule has 4 heteroatoms. The van der Waals surface area contributed by atoms with Gasteiger partial charge in [0, 0.05) is 18.1 Å². The molecule has 0 radical (unpaired) electrons. The SMILES string of the molecule is Cc1ccc(NC(=O)C(C)Nn2cccc2)cc1. The lowest BCUT2D eigenvalue weighted by Gasteiger charge is -2.16. The Bertz CT molecular complexity index is 502. The first kappa shape index (κ1) is 12.2. The van der Waals surface area contributed by atoms with E-state index < -0.39 is 0 Å². The van der Waals surface area contributed by atoms with E-state index in [0.717, 1.165) is 5.69 Å². The van der Waals surface area contributed by atoms with Gasteiger partial charge in [0.2, 0.25) is 5.91 Å². The zero-order valence-electron chi connectivity index (χ0n) is 10.6. The number of carbonyl (C=O) groups excluding carboxylic acids is 1. The Morgan fingerprint density at radius 2 is 1.78 bits per heavy atom. The van der Waals surface area contributed by atoms with E-state index >= 15 is 0 Å². The predicted octanol–water partition coefficient (Wildman–Crippen LogP) is 2.37. The molecule has 1 amide bonds. The maximum Gasteiger partial charge on any atom is 0.248 e. The van der Waals surface area contributed by atoms with Crippen molar-refractivity contribution in [3.8, 4) is 0 Å². The molecule has 18 heavy (non-hydrogen) atoms. The molecular formula is C14H17N3O. The number of nitrogens with zero attached hydrogens (tertiary/aromatic N) is 1. The number of anilines is 1. The van der Waals surface area contributed by atoms with Gasteiger partial charge in [0.15, 0.2) is 0 Å². The van der Waals surface area contributed by atoms with E-state index in [2.05, 4.69) is 10.7 Å². The van der Waals surface area contributed by atoms with Gasteiger partial charge < -0.3 is 10.7 Å². The van der Waals surface area contributed by atoms with Crippen molar-refractivity contribution in [3.63, 3.8) is 0 Å². The number of carbonyl (C=O) groups is 1. The molecule has 2 N–H and O–H groups in total. The number of nitrogens with one attached hydrogen (secondary N) is 2. The summed E-state index contributed by atoms with van der Waals surface area (Å²) >= 11 is 0. The van der Waals surface area contributed by atoms with Gasteiger partial charge in [0.25, 0.3) is 0 Å². The molecule has 1 heterocycles. The highest BCUT2D eigenvalue weighted by molar-refractivity contribution is 5.95. The van der Waals surface area contributed by atoms with Crippen molar-refractivity contribution >= 4 is 11.6 Å². The molecule has 0 aliphatic heterocycles. The summed E-state index contributed by atoms with van der Waals surface area (Å²) < 4.78 is 1.76. The fourth-order valence-electron chi connectivity index (χ4n) is 1.59. The van der Waals surface area contributed by atoms with Crippen molar-refractivity contribution in [3.05, 3.63) is 54.4 Å². The first-order valence-corrected chi connectivity index (χ1v) is 5.92. The Morgan fingerprint density at radius 3 is 2.39 bits per heavy atom. The lowest BCUT2D eigenvalue weighted by atomic mass is 10.2. The molecular weight excluding hydrogens is 226 g/mol. The van der Waals surface area contributed by atoms with Crippen molar-refractivity contribution in [2.75, 3.05) is 10.7 Å². The summed E-state index contributed by atoms with van der Waals surface area (Å²) in [5.74, 6) is -0.0625. The number of aromatic nitrogens is 1. The van der Waals surface area contributed by atoms with Crippen LogP contribution in [-0.4, -0.2) is 16.6 Å². The molecule has 0 bridgehead atoms. The number of rotatable bonds is 4. The van der Waals surface area contributed by atoms with Crippen LogP contribution in [0.25, 0.3) is 0 Å². The van der Waals surface area contributed by atoms with Gasteiger partial charge >= 0.3 is 0 Å². The van der Waals surface area contributed by atoms with E-state index in [4.69, 9.17) is 0 Å². The first-order valence-electron chi connectivity index (χ1n) is 5.92. The van der Waals surface area contributed by atoms with Gasteiger partial charge in [0.1, 0.15) is 6.04 Å². The summed E-state index contributed by atoms with van der Waals surface area (Å²) in [6.07, 6.45) is 3.71. The quantitative estimate of drug-likeness (QED) is 0.866. The summed E-state index contributed by atoms with van der Waals surface area (Å²) in [7, 11) is 0. The van der Waals surface area contributed by atoms with Crippen LogP contribution in [0, 0.1) is 6.92 Å². The number of amides is 1. The summed E-state index contributed by atoms with van der Waals surface area (Å²) in [6, 6.07) is 11.2. The van der Waals surface area contributed by atoms with Crippen LogP contribution in [0.2, 0.25) is 0 Å². The minimum atomic E-state index is -0.307. The van der Waals surface area contributed by atoms with Crippen molar-refractivity contribution in [1.82, 2.24) is 4.68 Å². The highest BCUT2D eigenvalue weighted by atomic mass is 16.2. The van der Waals surface area contributed by atoms with Gasteiger partial charge in [-0.1, -0.05) is 17.7 Å². The maximum absolute atomic E-state index is 11.9. The Balaban J connectivity index is 1.93. The second-order valence-corrected chi connectivity index (χ2v) is 4.30. The van der Waals surface area contributed by atoms with Gasteiger partial charge in [-0.2, -0.15) is 0 Å². The van der Waals surface area contributed by atoms with E-state index in [0.29, 0.717) is 0 Å². The highest BCUT2D eigenvalue weighted by Crippen LogP contribution is 2.09. The van der Waals surface area contributed by atoms with Crippen molar-refractivity contribution in [2.24, 2.45) is 0 Å². The van der Waals surface area contributed by atoms with E-state index in [1.165, 1.54) is 5.56 Å². The van der Waals surface area contributed by atoms with Crippen molar-refractivity contribution in [2.45, 2.75) is 19.9 Å². The van der Waals surface area contributed by atoms with E-state index in [1.54, 1.807) is 4.68 Å². The summed E-state index contributed by atoms with van der Waals surface area (Å²) in [5, 5.41) is 2.87. The Morgan fingerprint density at radius 1 is 1.17 bits per heavy atom. The molecule has 0 aliphatic carbocycles. The molecule has 2 rings (SSSR count). The minimum Gasteiger partial charge on any atom is -0.324 e. The zero-order valence-corrected chi connectivity index (χ0v) is 10.6. The Labute approximate surface area is 107 Å². The Hall–Kier alpha value is -2.23. The normalized spacial score (nSPS) is 11.9. The van der Waals surface area contributed by atoms with Crippen LogP contribution in [0.4, 0.5) is 5.69 Å². The second-order valence-electron chi connectivity index (χ2n) is 4.30. The fourth-order valence-corrected chi connectivity index (χ4v) is 1.59. The highest BCUT2D eigenvalue weighted by Gasteiger charge is 2.12. The molecule has 0 spiro atoms. The number of hydrogen-bond donors (Lipinski definition) is 2. The Kier molecular flexibility index (Phi) is 3.67. The largest absolute Gasteiger partial charge is 0.324 e. The molecule has 1 aromatic heterocycles. The number of hydrogen-bond acceptors (Lipinski definition) is 2. The minimum absolute atomic E-state index is 0.0625.